The number of benzene rings is 1. The Morgan fingerprint density at radius 1 is 1.56 bits per heavy atom. The quantitative estimate of drug-likeness (QED) is 0.462. The molecule has 25 heavy (non-hydrogen) atoms. The Morgan fingerprint density at radius 2 is 2.32 bits per heavy atom. The number of likely N-dealkylation sites (N-methyl/N-ethyl adjacent to an activating group) is 1. The first kappa shape index (κ1) is 17.5. The van der Waals surface area contributed by atoms with Crippen molar-refractivity contribution in [2.75, 3.05) is 13.6 Å². The number of hydrogen-bond acceptors (Lipinski definition) is 7. The summed E-state index contributed by atoms with van der Waals surface area (Å²) in [7, 11) is 2.02. The number of thiophene rings is 1. The summed E-state index contributed by atoms with van der Waals surface area (Å²) in [6.45, 7) is 1.66. The van der Waals surface area contributed by atoms with E-state index < -0.39 is 16.4 Å². The van der Waals surface area contributed by atoms with E-state index in [1.165, 1.54) is 23.6 Å². The topological polar surface area (TPSA) is 103 Å². The smallest absolute Gasteiger partial charge is 0.312 e. The molecule has 1 aliphatic heterocycles. The van der Waals surface area contributed by atoms with E-state index in [2.05, 4.69) is 31.9 Å². The van der Waals surface area contributed by atoms with E-state index >= 15 is 0 Å². The van der Waals surface area contributed by atoms with Crippen LogP contribution in [0.1, 0.15) is 21.6 Å². The molecule has 0 atom stereocenters. The van der Waals surface area contributed by atoms with Crippen LogP contribution in [0.4, 0.5) is 10.7 Å². The summed E-state index contributed by atoms with van der Waals surface area (Å²) in [4.78, 5) is 18.0. The van der Waals surface area contributed by atoms with Gasteiger partial charge < -0.3 is 10.0 Å². The van der Waals surface area contributed by atoms with Gasteiger partial charge in [-0.1, -0.05) is 15.9 Å². The molecule has 0 radical (unpaired) electrons. The largest absolute Gasteiger partial charge is 0.502 e. The van der Waals surface area contributed by atoms with Gasteiger partial charge in [0.2, 0.25) is 5.75 Å². The van der Waals surface area contributed by atoms with Crippen molar-refractivity contribution in [3.05, 3.63) is 48.3 Å². The highest BCUT2D eigenvalue weighted by molar-refractivity contribution is 9.10. The third-order valence-corrected chi connectivity index (χ3v) is 5.53. The van der Waals surface area contributed by atoms with Crippen molar-refractivity contribution in [2.45, 2.75) is 13.0 Å². The zero-order valence-corrected chi connectivity index (χ0v) is 15.6. The number of halogens is 1. The third kappa shape index (κ3) is 3.42. The maximum absolute atomic E-state index is 11.0. The minimum atomic E-state index is -0.655. The number of phenolic OH excluding ortho intramolecular Hbond substituents is 1. The van der Waals surface area contributed by atoms with Gasteiger partial charge in [-0.3, -0.25) is 10.1 Å². The summed E-state index contributed by atoms with van der Waals surface area (Å²) >= 11 is 4.63. The van der Waals surface area contributed by atoms with E-state index in [0.29, 0.717) is 15.0 Å². The first-order valence-corrected chi connectivity index (χ1v) is 8.95. The van der Waals surface area contributed by atoms with Crippen molar-refractivity contribution < 1.29 is 10.0 Å². The molecule has 0 bridgehead atoms. The summed E-state index contributed by atoms with van der Waals surface area (Å²) < 4.78 is 0.464. The van der Waals surface area contributed by atoms with Gasteiger partial charge in [0.05, 0.1) is 10.5 Å². The van der Waals surface area contributed by atoms with Gasteiger partial charge in [-0.15, -0.1) is 11.3 Å². The fourth-order valence-electron chi connectivity index (χ4n) is 2.69. The summed E-state index contributed by atoms with van der Waals surface area (Å²) in [5.41, 5.74) is 1.40. The lowest BCUT2D eigenvalue weighted by Crippen LogP contribution is -2.25. The number of rotatable bonds is 3. The van der Waals surface area contributed by atoms with Crippen LogP contribution in [0, 0.1) is 21.4 Å². The SMILES string of the molecule is CN1CCc2c(sc(/N=C/c3cc(Br)cc([N+](=O)[O-])c3O)c2C#N)C1. The molecule has 0 saturated carbocycles. The van der Waals surface area contributed by atoms with E-state index in [1.54, 1.807) is 6.07 Å². The number of nitriles is 1. The molecule has 2 aromatic rings. The van der Waals surface area contributed by atoms with E-state index in [9.17, 15) is 20.5 Å². The van der Waals surface area contributed by atoms with E-state index in [1.807, 2.05) is 7.05 Å². The zero-order chi connectivity index (χ0) is 18.1. The summed E-state index contributed by atoms with van der Waals surface area (Å²) in [5.74, 6) is -0.448. The molecule has 1 aromatic heterocycles. The van der Waals surface area contributed by atoms with E-state index in [0.717, 1.165) is 30.0 Å². The molecule has 7 nitrogen and oxygen atoms in total. The molecule has 1 N–H and O–H groups in total. The molecule has 0 aliphatic carbocycles. The molecule has 9 heteroatoms. The Morgan fingerprint density at radius 3 is 3.00 bits per heavy atom. The molecular weight excluding hydrogens is 408 g/mol. The molecule has 0 saturated heterocycles. The van der Waals surface area contributed by atoms with Gasteiger partial charge in [-0.25, -0.2) is 4.99 Å². The van der Waals surface area contributed by atoms with E-state index in [-0.39, 0.29) is 5.56 Å². The fourth-order valence-corrected chi connectivity index (χ4v) is 4.38. The van der Waals surface area contributed by atoms with Crippen molar-refractivity contribution >= 4 is 44.2 Å². The van der Waals surface area contributed by atoms with Crippen molar-refractivity contribution in [1.82, 2.24) is 4.90 Å². The maximum Gasteiger partial charge on any atom is 0.312 e. The highest BCUT2D eigenvalue weighted by atomic mass is 79.9. The van der Waals surface area contributed by atoms with Crippen molar-refractivity contribution in [2.24, 2.45) is 4.99 Å². The number of nitro benzene ring substituents is 1. The average molecular weight is 421 g/mol. The molecule has 0 spiro atoms. The number of hydrogen-bond donors (Lipinski definition) is 1. The summed E-state index contributed by atoms with van der Waals surface area (Å²) in [5, 5.41) is 31.1. The molecule has 0 fully saturated rings. The molecule has 1 aliphatic rings. The molecule has 2 heterocycles. The number of phenols is 1. The lowest BCUT2D eigenvalue weighted by Gasteiger charge is -2.21. The summed E-state index contributed by atoms with van der Waals surface area (Å²) in [6.07, 6.45) is 2.16. The summed E-state index contributed by atoms with van der Waals surface area (Å²) in [6, 6.07) is 4.98. The van der Waals surface area contributed by atoms with Crippen LogP contribution in [-0.2, 0) is 13.0 Å². The van der Waals surface area contributed by atoms with Crippen molar-refractivity contribution in [1.29, 1.82) is 5.26 Å². The van der Waals surface area contributed by atoms with Crippen LogP contribution in [0.25, 0.3) is 0 Å². The Labute approximate surface area is 156 Å². The Balaban J connectivity index is 2.01. The second kappa shape index (κ2) is 6.92. The maximum atomic E-state index is 11.0. The lowest BCUT2D eigenvalue weighted by atomic mass is 10.0. The molecule has 0 unspecified atom stereocenters. The van der Waals surface area contributed by atoms with Gasteiger partial charge in [-0.05, 0) is 25.1 Å². The molecule has 0 amide bonds. The molecular formula is C16H13BrN4O3S. The second-order valence-corrected chi connectivity index (χ2v) is 7.66. The number of nitrogens with zero attached hydrogens (tertiary/aromatic N) is 4. The van der Waals surface area contributed by atoms with Crippen molar-refractivity contribution in [3.8, 4) is 11.8 Å². The van der Waals surface area contributed by atoms with Gasteiger partial charge in [-0.2, -0.15) is 5.26 Å². The lowest BCUT2D eigenvalue weighted by molar-refractivity contribution is -0.385. The van der Waals surface area contributed by atoms with Crippen LogP contribution < -0.4 is 0 Å². The van der Waals surface area contributed by atoms with Gasteiger partial charge in [0, 0.05) is 40.3 Å². The minimum absolute atomic E-state index is 0.216. The van der Waals surface area contributed by atoms with Crippen molar-refractivity contribution in [3.63, 3.8) is 0 Å². The van der Waals surface area contributed by atoms with E-state index in [4.69, 9.17) is 0 Å². The van der Waals surface area contributed by atoms with Crippen LogP contribution in [0.5, 0.6) is 5.75 Å². The van der Waals surface area contributed by atoms with Crippen LogP contribution >= 0.6 is 27.3 Å². The van der Waals surface area contributed by atoms with Gasteiger partial charge in [0.1, 0.15) is 11.1 Å². The zero-order valence-electron chi connectivity index (χ0n) is 13.2. The highest BCUT2D eigenvalue weighted by Crippen LogP contribution is 2.39. The first-order valence-electron chi connectivity index (χ1n) is 7.35. The van der Waals surface area contributed by atoms with Crippen LogP contribution in [0.2, 0.25) is 0 Å². The van der Waals surface area contributed by atoms with Gasteiger partial charge in [0.15, 0.2) is 0 Å². The van der Waals surface area contributed by atoms with Crippen LogP contribution in [-0.4, -0.2) is 34.7 Å². The molecule has 3 rings (SSSR count). The normalized spacial score (nSPS) is 14.4. The third-order valence-electron chi connectivity index (χ3n) is 3.94. The Kier molecular flexibility index (Phi) is 4.85. The number of aromatic hydroxyl groups is 1. The molecule has 128 valence electrons. The fraction of sp³-hybridized carbons (Fsp3) is 0.250. The Bertz CT molecular complexity index is 932. The first-order chi connectivity index (χ1) is 11.9. The standard InChI is InChI=1S/C16H13BrN4O3S/c1-20-3-2-11-12(6-18)16(25-14(11)8-20)19-7-9-4-10(17)5-13(15(9)22)21(23)24/h4-5,7,22H,2-3,8H2,1H3/b19-7+. The number of fused-ring (bicyclic) bond motifs is 1. The monoisotopic (exact) mass is 420 g/mol. The van der Waals surface area contributed by atoms with Gasteiger partial charge in [0.25, 0.3) is 0 Å². The van der Waals surface area contributed by atoms with Crippen LogP contribution in [0.15, 0.2) is 21.6 Å². The Hall–Kier alpha value is -2.28. The average Bonchev–Trinajstić information content (AvgIpc) is 2.91. The van der Waals surface area contributed by atoms with Crippen LogP contribution in [0.3, 0.4) is 0 Å². The molecule has 1 aromatic carbocycles. The highest BCUT2D eigenvalue weighted by Gasteiger charge is 2.23. The predicted octanol–water partition coefficient (Wildman–Crippen LogP) is 3.73. The second-order valence-electron chi connectivity index (χ2n) is 5.66. The number of aliphatic imine (C=N–C) groups is 1. The predicted molar refractivity (Wildman–Crippen MR) is 98.8 cm³/mol. The number of nitro groups is 1. The van der Waals surface area contributed by atoms with Gasteiger partial charge >= 0.3 is 5.69 Å². The minimum Gasteiger partial charge on any atom is -0.502 e.